The molecule has 0 unspecified atom stereocenters. The SMILES string of the molecule is CCc1cc2c(cc1N1CCC(N3CCN(C4CCC(C(=O)N[C@H](C(=O)N5C[C@H](O)C[C@H]5C(=O)N[C@@H](C)c5ccc(-c6scnc6C)cc5)C(C)(C)C)CC4)CC3)CC1)C(C)(C)c1[nH]c3cc(C#N)ccc3c1C2=O. The average Bonchev–Trinajstić information content (AvgIpc) is 4.15. The molecule has 5 heterocycles. The molecule has 3 aromatic carbocycles. The van der Waals surface area contributed by atoms with Crippen molar-refractivity contribution in [2.24, 2.45) is 11.3 Å². The van der Waals surface area contributed by atoms with Gasteiger partial charge in [-0.05, 0) is 111 Å². The molecule has 3 amide bonds. The molecular weight excluding hydrogens is 959 g/mol. The summed E-state index contributed by atoms with van der Waals surface area (Å²) in [5, 5.41) is 27.5. The molecule has 0 spiro atoms. The van der Waals surface area contributed by atoms with Gasteiger partial charge >= 0.3 is 0 Å². The summed E-state index contributed by atoms with van der Waals surface area (Å²) in [6.45, 7) is 22.4. The summed E-state index contributed by atoms with van der Waals surface area (Å²) < 4.78 is 0. The number of likely N-dealkylation sites (tertiary alicyclic amines) is 1. The highest BCUT2D eigenvalue weighted by Gasteiger charge is 2.46. The number of piperidine rings is 1. The van der Waals surface area contributed by atoms with Crippen LogP contribution >= 0.6 is 11.3 Å². The van der Waals surface area contributed by atoms with E-state index in [2.05, 4.69) is 74.3 Å². The maximum Gasteiger partial charge on any atom is 0.246 e. The summed E-state index contributed by atoms with van der Waals surface area (Å²) in [4.78, 5) is 75.0. The number of aromatic nitrogens is 2. The molecule has 15 heteroatoms. The van der Waals surface area contributed by atoms with Gasteiger partial charge in [0, 0.05) is 103 Å². The fraction of sp³-hybridized carbons (Fsp3) is 0.533. The number of anilines is 1. The number of fused-ring (bicyclic) bond motifs is 4. The summed E-state index contributed by atoms with van der Waals surface area (Å²) in [7, 11) is 0. The van der Waals surface area contributed by atoms with E-state index in [1.165, 1.54) is 16.2 Å². The van der Waals surface area contributed by atoms with E-state index in [-0.39, 0.29) is 48.4 Å². The van der Waals surface area contributed by atoms with Crippen LogP contribution in [0, 0.1) is 29.6 Å². The number of carbonyl (C=O) groups is 4. The van der Waals surface area contributed by atoms with Crippen LogP contribution in [0.25, 0.3) is 21.3 Å². The second kappa shape index (κ2) is 20.9. The van der Waals surface area contributed by atoms with Gasteiger partial charge in [-0.3, -0.25) is 29.0 Å². The third kappa shape index (κ3) is 10.2. The van der Waals surface area contributed by atoms with Crippen molar-refractivity contribution >= 4 is 51.4 Å². The van der Waals surface area contributed by atoms with E-state index in [4.69, 9.17) is 0 Å². The van der Waals surface area contributed by atoms with Gasteiger partial charge in [0.05, 0.1) is 45.4 Å². The Balaban J connectivity index is 0.701. The van der Waals surface area contributed by atoms with Gasteiger partial charge in [-0.1, -0.05) is 71.9 Å². The van der Waals surface area contributed by atoms with Gasteiger partial charge < -0.3 is 30.5 Å². The van der Waals surface area contributed by atoms with Crippen molar-refractivity contribution in [2.75, 3.05) is 50.7 Å². The number of carbonyl (C=O) groups excluding carboxylic acids is 4. The molecule has 3 saturated heterocycles. The van der Waals surface area contributed by atoms with Crippen LogP contribution in [0.3, 0.4) is 0 Å². The van der Waals surface area contributed by atoms with Crippen molar-refractivity contribution in [2.45, 2.75) is 148 Å². The number of thiazole rings is 1. The van der Waals surface area contributed by atoms with Crippen molar-refractivity contribution in [3.8, 4) is 16.5 Å². The number of β-amino-alcohol motifs (C(OH)–C–C–N with tert-alkyl or cyclic N) is 1. The molecule has 396 valence electrons. The predicted octanol–water partition coefficient (Wildman–Crippen LogP) is 8.42. The standard InChI is InChI=1S/C60H75N9O5S/c1-9-38-29-46-47(60(7,8)54-51(52(46)71)45-19-10-37(32-61)28-48(45)64-54)31-49(38)68-22-20-43(21-23-68)67-26-24-66(25-27-67)42-17-15-41(16-18-42)56(72)65-55(59(4,5)6)58(74)69-33-44(70)30-50(69)57(73)63-35(2)39-11-13-40(14-12-39)53-36(3)62-34-75-53/h10-14,19,28-29,31,34-35,41-44,50,55,64,70H,9,15-18,20-27,30,33H2,1-8H3,(H,63,73)(H,65,72)/t35-,41?,42?,44+,50-,55+/m0/s1. The number of benzene rings is 3. The fourth-order valence-electron chi connectivity index (χ4n) is 13.1. The number of aliphatic hydroxyl groups excluding tert-OH is 1. The molecule has 0 bridgehead atoms. The van der Waals surface area contributed by atoms with Crippen LogP contribution < -0.4 is 15.5 Å². The van der Waals surface area contributed by atoms with Crippen LogP contribution in [0.5, 0.6) is 0 Å². The minimum Gasteiger partial charge on any atom is -0.391 e. The Morgan fingerprint density at radius 3 is 2.19 bits per heavy atom. The Morgan fingerprint density at radius 1 is 0.907 bits per heavy atom. The summed E-state index contributed by atoms with van der Waals surface area (Å²) in [5.41, 5.74) is 11.1. The molecule has 5 aliphatic rings. The molecule has 4 atom stereocenters. The van der Waals surface area contributed by atoms with E-state index >= 15 is 0 Å². The normalized spacial score (nSPS) is 23.3. The molecule has 10 rings (SSSR count). The number of H-pyrrole nitrogens is 1. The van der Waals surface area contributed by atoms with Gasteiger partial charge in [0.1, 0.15) is 12.1 Å². The minimum absolute atomic E-state index is 0.0356. The first-order valence-electron chi connectivity index (χ1n) is 27.5. The van der Waals surface area contributed by atoms with Crippen molar-refractivity contribution < 1.29 is 24.3 Å². The Kier molecular flexibility index (Phi) is 14.6. The minimum atomic E-state index is -0.858. The third-order valence-corrected chi connectivity index (χ3v) is 18.6. The van der Waals surface area contributed by atoms with E-state index in [9.17, 15) is 29.5 Å². The number of hydrogen-bond acceptors (Lipinski definition) is 11. The monoisotopic (exact) mass is 1030 g/mol. The number of nitriles is 1. The number of aryl methyl sites for hydroxylation is 2. The number of aromatic amines is 1. The van der Waals surface area contributed by atoms with Crippen molar-refractivity contribution in [3.63, 3.8) is 0 Å². The third-order valence-electron chi connectivity index (χ3n) is 17.6. The van der Waals surface area contributed by atoms with Gasteiger partial charge in [-0.15, -0.1) is 11.3 Å². The molecular formula is C60H75N9O5S. The smallest absolute Gasteiger partial charge is 0.246 e. The molecule has 0 radical (unpaired) electrons. The van der Waals surface area contributed by atoms with Crippen LogP contribution in [-0.4, -0.2) is 129 Å². The quantitative estimate of drug-likeness (QED) is 0.100. The van der Waals surface area contributed by atoms with E-state index in [0.717, 1.165) is 139 Å². The highest BCUT2D eigenvalue weighted by molar-refractivity contribution is 7.13. The van der Waals surface area contributed by atoms with Gasteiger partial charge in [0.15, 0.2) is 5.78 Å². The zero-order chi connectivity index (χ0) is 53.1. The van der Waals surface area contributed by atoms with Crippen molar-refractivity contribution in [3.05, 3.63) is 105 Å². The first kappa shape index (κ1) is 52.5. The van der Waals surface area contributed by atoms with Crippen LogP contribution in [-0.2, 0) is 26.2 Å². The van der Waals surface area contributed by atoms with E-state index in [1.54, 1.807) is 17.4 Å². The predicted molar refractivity (Wildman–Crippen MR) is 295 cm³/mol. The summed E-state index contributed by atoms with van der Waals surface area (Å²) in [6.07, 6.45) is 5.70. The number of aliphatic hydroxyl groups is 1. The van der Waals surface area contributed by atoms with Crippen LogP contribution in [0.1, 0.15) is 149 Å². The van der Waals surface area contributed by atoms with E-state index in [0.29, 0.717) is 17.6 Å². The Bertz CT molecular complexity index is 3010. The topological polar surface area (TPSA) is 178 Å². The maximum absolute atomic E-state index is 14.4. The number of amides is 3. The number of nitrogens with one attached hydrogen (secondary N) is 3. The molecule has 2 aliphatic carbocycles. The Labute approximate surface area is 446 Å². The molecule has 5 aromatic rings. The van der Waals surface area contributed by atoms with Crippen molar-refractivity contribution in [1.29, 1.82) is 5.26 Å². The first-order valence-corrected chi connectivity index (χ1v) is 28.3. The molecule has 14 nitrogen and oxygen atoms in total. The second-order valence-corrected chi connectivity index (χ2v) is 24.6. The largest absolute Gasteiger partial charge is 0.391 e. The van der Waals surface area contributed by atoms with E-state index < -0.39 is 29.0 Å². The highest BCUT2D eigenvalue weighted by Crippen LogP contribution is 2.46. The Hall–Kier alpha value is -5.92. The lowest BCUT2D eigenvalue weighted by Gasteiger charge is -2.46. The van der Waals surface area contributed by atoms with Gasteiger partial charge in [-0.2, -0.15) is 5.26 Å². The highest BCUT2D eigenvalue weighted by atomic mass is 32.1. The van der Waals surface area contributed by atoms with Crippen molar-refractivity contribution in [1.82, 2.24) is 35.3 Å². The number of hydrogen-bond donors (Lipinski definition) is 4. The Morgan fingerprint density at radius 2 is 1.57 bits per heavy atom. The lowest BCUT2D eigenvalue weighted by Crippen LogP contribution is -2.59. The van der Waals surface area contributed by atoms with Crippen LogP contribution in [0.4, 0.5) is 5.69 Å². The van der Waals surface area contributed by atoms with Crippen LogP contribution in [0.2, 0.25) is 0 Å². The number of nitrogens with zero attached hydrogens (tertiary/aromatic N) is 6. The molecule has 1 saturated carbocycles. The number of piperazine rings is 1. The molecule has 3 aliphatic heterocycles. The van der Waals surface area contributed by atoms with Gasteiger partial charge in [-0.25, -0.2) is 4.98 Å². The summed E-state index contributed by atoms with van der Waals surface area (Å²) in [5.74, 6) is -0.908. The fourth-order valence-corrected chi connectivity index (χ4v) is 13.9. The zero-order valence-electron chi connectivity index (χ0n) is 45.1. The number of rotatable bonds is 11. The lowest BCUT2D eigenvalue weighted by atomic mass is 9.70. The average molecular weight is 1030 g/mol. The zero-order valence-corrected chi connectivity index (χ0v) is 45.9. The van der Waals surface area contributed by atoms with Crippen LogP contribution in [0.15, 0.2) is 60.1 Å². The second-order valence-electron chi connectivity index (χ2n) is 23.7. The molecule has 4 N–H and O–H groups in total. The lowest BCUT2D eigenvalue weighted by molar-refractivity contribution is -0.145. The summed E-state index contributed by atoms with van der Waals surface area (Å²) in [6, 6.07) is 19.2. The summed E-state index contributed by atoms with van der Waals surface area (Å²) >= 11 is 1.59. The first-order chi connectivity index (χ1) is 35.8. The van der Waals surface area contributed by atoms with Gasteiger partial charge in [0.25, 0.3) is 0 Å². The number of ketones is 1. The molecule has 2 aromatic heterocycles. The van der Waals surface area contributed by atoms with E-state index in [1.807, 2.05) is 76.5 Å². The molecule has 75 heavy (non-hydrogen) atoms. The maximum atomic E-state index is 14.4. The van der Waals surface area contributed by atoms with Gasteiger partial charge in [0.2, 0.25) is 17.7 Å². The molecule has 4 fully saturated rings.